The molecule has 2 N–H and O–H groups in total. The number of rotatable bonds is 6. The number of benzene rings is 2. The van der Waals surface area contributed by atoms with E-state index in [-0.39, 0.29) is 47.0 Å². The fraction of sp³-hybridized carbons (Fsp3) is 0.158. The van der Waals surface area contributed by atoms with E-state index in [1.54, 1.807) is 24.3 Å². The van der Waals surface area contributed by atoms with Crippen molar-refractivity contribution in [3.63, 3.8) is 0 Å². The van der Waals surface area contributed by atoms with E-state index in [4.69, 9.17) is 36.3 Å². The smallest absolute Gasteiger partial charge is 0.138 e. The van der Waals surface area contributed by atoms with Gasteiger partial charge in [0.1, 0.15) is 60.1 Å². The third kappa shape index (κ3) is 4.08. The molecule has 2 aromatic rings. The second-order valence-electron chi connectivity index (χ2n) is 5.19. The monoisotopic (exact) mass is 343 g/mol. The molecule has 0 unspecified atom stereocenters. The lowest BCUT2D eigenvalue weighted by Crippen LogP contribution is -2.34. The van der Waals surface area contributed by atoms with Gasteiger partial charge in [0, 0.05) is 0 Å². The Morgan fingerprint density at radius 3 is 1.50 bits per heavy atom. The van der Waals surface area contributed by atoms with Crippen LogP contribution < -0.4 is 15.2 Å². The fourth-order valence-corrected chi connectivity index (χ4v) is 2.16. The average molecular weight is 343 g/mol. The van der Waals surface area contributed by atoms with Crippen LogP contribution in [0, 0.1) is 45.3 Å². The molecule has 0 bridgehead atoms. The summed E-state index contributed by atoms with van der Waals surface area (Å²) in [7, 11) is 0. The van der Waals surface area contributed by atoms with Gasteiger partial charge in [-0.05, 0) is 24.3 Å². The minimum absolute atomic E-state index is 0.0450. The van der Waals surface area contributed by atoms with Gasteiger partial charge >= 0.3 is 0 Å². The third-order valence-corrected chi connectivity index (χ3v) is 3.42. The molecule has 0 heterocycles. The summed E-state index contributed by atoms with van der Waals surface area (Å²) in [5, 5.41) is 36.3. The van der Waals surface area contributed by atoms with Gasteiger partial charge in [-0.2, -0.15) is 21.0 Å². The van der Waals surface area contributed by atoms with E-state index in [0.717, 1.165) is 0 Å². The topological polar surface area (TPSA) is 140 Å². The van der Waals surface area contributed by atoms with Crippen molar-refractivity contribution < 1.29 is 9.47 Å². The molecule has 0 saturated carbocycles. The summed E-state index contributed by atoms with van der Waals surface area (Å²) in [4.78, 5) is 0. The van der Waals surface area contributed by atoms with Crippen molar-refractivity contribution >= 4 is 0 Å². The van der Waals surface area contributed by atoms with Crippen molar-refractivity contribution in [2.24, 2.45) is 5.73 Å². The molecule has 0 fully saturated rings. The summed E-state index contributed by atoms with van der Waals surface area (Å²) in [5.74, 6) is 0.539. The number of hydrogen-bond acceptors (Lipinski definition) is 7. The summed E-state index contributed by atoms with van der Waals surface area (Å²) in [6, 6.07) is 16.6. The van der Waals surface area contributed by atoms with Gasteiger partial charge in [-0.15, -0.1) is 0 Å². The molecule has 0 amide bonds. The molecular formula is C19H13N5O2. The van der Waals surface area contributed by atoms with Gasteiger partial charge in [-0.1, -0.05) is 12.1 Å². The first-order valence-corrected chi connectivity index (χ1v) is 7.52. The minimum atomic E-state index is -0.551. The zero-order chi connectivity index (χ0) is 18.9. The van der Waals surface area contributed by atoms with Crippen LogP contribution in [0.1, 0.15) is 22.3 Å². The Morgan fingerprint density at radius 2 is 1.15 bits per heavy atom. The van der Waals surface area contributed by atoms with E-state index in [1.807, 2.05) is 24.3 Å². The van der Waals surface area contributed by atoms with Crippen LogP contribution in [0.15, 0.2) is 36.4 Å². The van der Waals surface area contributed by atoms with E-state index >= 15 is 0 Å². The predicted molar refractivity (Wildman–Crippen MR) is 90.7 cm³/mol. The first-order valence-electron chi connectivity index (χ1n) is 7.52. The number of nitriles is 4. The molecule has 0 aliphatic rings. The molecule has 126 valence electrons. The highest BCUT2D eigenvalue weighted by Gasteiger charge is 2.13. The lowest BCUT2D eigenvalue weighted by Gasteiger charge is -2.16. The number of nitrogens with zero attached hydrogens (tertiary/aromatic N) is 4. The van der Waals surface area contributed by atoms with Crippen LogP contribution in [-0.2, 0) is 0 Å². The zero-order valence-corrected chi connectivity index (χ0v) is 13.6. The van der Waals surface area contributed by atoms with Gasteiger partial charge in [0.2, 0.25) is 0 Å². The van der Waals surface area contributed by atoms with E-state index in [9.17, 15) is 0 Å². The predicted octanol–water partition coefficient (Wildman–Crippen LogP) is 1.96. The van der Waals surface area contributed by atoms with Crippen LogP contribution in [0.3, 0.4) is 0 Å². The van der Waals surface area contributed by atoms with Gasteiger partial charge in [0.05, 0.1) is 17.2 Å². The summed E-state index contributed by atoms with van der Waals surface area (Å²) in [6.45, 7) is 0.0901. The molecule has 7 heteroatoms. The molecule has 0 radical (unpaired) electrons. The Morgan fingerprint density at radius 1 is 0.731 bits per heavy atom. The highest BCUT2D eigenvalue weighted by atomic mass is 16.5. The third-order valence-electron chi connectivity index (χ3n) is 3.42. The molecule has 2 aromatic carbocycles. The molecule has 0 aliphatic heterocycles. The maximum absolute atomic E-state index is 9.16. The van der Waals surface area contributed by atoms with Gasteiger partial charge in [-0.25, -0.2) is 0 Å². The van der Waals surface area contributed by atoms with E-state index in [0.29, 0.717) is 0 Å². The maximum Gasteiger partial charge on any atom is 0.138 e. The second-order valence-corrected chi connectivity index (χ2v) is 5.19. The average Bonchev–Trinajstić information content (AvgIpc) is 2.69. The van der Waals surface area contributed by atoms with Crippen LogP contribution in [-0.4, -0.2) is 19.3 Å². The summed E-state index contributed by atoms with van der Waals surface area (Å²) < 4.78 is 11.1. The van der Waals surface area contributed by atoms with Crippen LogP contribution in [0.25, 0.3) is 0 Å². The van der Waals surface area contributed by atoms with E-state index in [1.165, 1.54) is 12.1 Å². The first-order chi connectivity index (χ1) is 12.6. The molecule has 26 heavy (non-hydrogen) atoms. The van der Waals surface area contributed by atoms with Crippen molar-refractivity contribution in [2.45, 2.75) is 6.04 Å². The zero-order valence-electron chi connectivity index (χ0n) is 13.6. The minimum Gasteiger partial charge on any atom is -0.490 e. The van der Waals surface area contributed by atoms with Crippen molar-refractivity contribution in [1.82, 2.24) is 0 Å². The van der Waals surface area contributed by atoms with E-state index in [2.05, 4.69) is 0 Å². The molecule has 0 aromatic heterocycles. The normalized spacial score (nSPS) is 9.46. The Labute approximate surface area is 150 Å². The quantitative estimate of drug-likeness (QED) is 0.845. The molecular weight excluding hydrogens is 330 g/mol. The molecule has 0 spiro atoms. The van der Waals surface area contributed by atoms with Gasteiger partial charge in [0.15, 0.2) is 0 Å². The standard InChI is InChI=1S/C19H13N5O2/c20-7-13-3-1-5-18(16(13)9-22)25-11-15(24)12-26-19-6-2-4-14(8-21)17(19)10-23/h1-6,15H,11-12,24H2. The largest absolute Gasteiger partial charge is 0.490 e. The summed E-state index contributed by atoms with van der Waals surface area (Å²) in [5.41, 5.74) is 6.69. The molecule has 0 saturated heterocycles. The van der Waals surface area contributed by atoms with Crippen molar-refractivity contribution in [1.29, 1.82) is 21.0 Å². The highest BCUT2D eigenvalue weighted by molar-refractivity contribution is 5.54. The number of ether oxygens (including phenoxy) is 2. The Kier molecular flexibility index (Phi) is 6.13. The van der Waals surface area contributed by atoms with Gasteiger partial charge in [-0.3, -0.25) is 0 Å². The first kappa shape index (κ1) is 18.3. The van der Waals surface area contributed by atoms with Crippen molar-refractivity contribution in [2.75, 3.05) is 13.2 Å². The number of nitrogens with two attached hydrogens (primary N) is 1. The van der Waals surface area contributed by atoms with Crippen LogP contribution in [0.2, 0.25) is 0 Å². The SMILES string of the molecule is N#Cc1cccc(OCC(N)COc2cccc(C#N)c2C#N)c1C#N. The van der Waals surface area contributed by atoms with Crippen molar-refractivity contribution in [3.8, 4) is 35.8 Å². The van der Waals surface area contributed by atoms with Gasteiger partial charge in [0.25, 0.3) is 0 Å². The Bertz CT molecular complexity index is 894. The lowest BCUT2D eigenvalue weighted by atomic mass is 10.1. The molecule has 0 atom stereocenters. The Balaban J connectivity index is 2.01. The van der Waals surface area contributed by atoms with Crippen molar-refractivity contribution in [3.05, 3.63) is 58.7 Å². The summed E-state index contributed by atoms with van der Waals surface area (Å²) in [6.07, 6.45) is 0. The lowest BCUT2D eigenvalue weighted by molar-refractivity contribution is 0.219. The van der Waals surface area contributed by atoms with E-state index < -0.39 is 6.04 Å². The van der Waals surface area contributed by atoms with Crippen LogP contribution in [0.4, 0.5) is 0 Å². The summed E-state index contributed by atoms with van der Waals surface area (Å²) >= 11 is 0. The Hall–Kier alpha value is -4.04. The number of hydrogen-bond donors (Lipinski definition) is 1. The molecule has 0 aliphatic carbocycles. The maximum atomic E-state index is 9.16. The second kappa shape index (κ2) is 8.71. The molecule has 7 nitrogen and oxygen atoms in total. The van der Waals surface area contributed by atoms with Gasteiger partial charge < -0.3 is 15.2 Å². The fourth-order valence-electron chi connectivity index (χ4n) is 2.16. The highest BCUT2D eigenvalue weighted by Crippen LogP contribution is 2.22. The van der Waals surface area contributed by atoms with Crippen LogP contribution in [0.5, 0.6) is 11.5 Å². The molecule has 2 rings (SSSR count). The van der Waals surface area contributed by atoms with Crippen LogP contribution >= 0.6 is 0 Å².